The van der Waals surface area contributed by atoms with Crippen molar-refractivity contribution in [2.24, 2.45) is 0 Å². The van der Waals surface area contributed by atoms with Gasteiger partial charge in [-0.05, 0) is 17.7 Å². The van der Waals surface area contributed by atoms with Gasteiger partial charge < -0.3 is 9.84 Å². The van der Waals surface area contributed by atoms with Crippen LogP contribution < -0.4 is 4.74 Å². The van der Waals surface area contributed by atoms with E-state index in [-0.39, 0.29) is 6.61 Å². The van der Waals surface area contributed by atoms with Crippen molar-refractivity contribution in [3.05, 3.63) is 76.0 Å². The van der Waals surface area contributed by atoms with Crippen LogP contribution in [0.5, 0.6) is 5.75 Å². The molecule has 0 atom stereocenters. The maximum Gasteiger partial charge on any atom is 0.138 e. The van der Waals surface area contributed by atoms with Crippen LogP contribution in [0.1, 0.15) is 22.0 Å². The van der Waals surface area contributed by atoms with E-state index in [1.165, 1.54) is 5.56 Å². The summed E-state index contributed by atoms with van der Waals surface area (Å²) in [6.45, 7) is 0.362. The first kappa shape index (κ1) is 14.7. The second kappa shape index (κ2) is 7.15. The Morgan fingerprint density at radius 1 is 1.05 bits per heavy atom. The first-order valence-corrected chi connectivity index (χ1v) is 7.87. The summed E-state index contributed by atoms with van der Waals surface area (Å²) < 4.78 is 5.66. The molecule has 0 radical (unpaired) electrons. The third-order valence-electron chi connectivity index (χ3n) is 3.14. The number of hydrogen-bond donors (Lipinski definition) is 1. The van der Waals surface area contributed by atoms with Crippen molar-refractivity contribution in [3.63, 3.8) is 0 Å². The van der Waals surface area contributed by atoms with Crippen LogP contribution in [0, 0.1) is 0 Å². The average Bonchev–Trinajstić information content (AvgIpc) is 3.02. The largest absolute Gasteiger partial charge is 0.486 e. The summed E-state index contributed by atoms with van der Waals surface area (Å²) in [6.07, 6.45) is 2.46. The first-order chi connectivity index (χ1) is 10.8. The molecule has 3 rings (SSSR count). The van der Waals surface area contributed by atoms with Gasteiger partial charge in [0.15, 0.2) is 0 Å². The van der Waals surface area contributed by atoms with Crippen molar-refractivity contribution in [3.8, 4) is 5.75 Å². The van der Waals surface area contributed by atoms with Gasteiger partial charge >= 0.3 is 0 Å². The van der Waals surface area contributed by atoms with Gasteiger partial charge in [-0.1, -0.05) is 30.3 Å². The van der Waals surface area contributed by atoms with Gasteiger partial charge in [0.05, 0.1) is 29.2 Å². The van der Waals surface area contributed by atoms with Crippen LogP contribution in [0.3, 0.4) is 0 Å². The molecule has 0 amide bonds. The molecule has 0 aliphatic carbocycles. The molecule has 0 aliphatic rings. The Morgan fingerprint density at radius 3 is 2.64 bits per heavy atom. The Labute approximate surface area is 133 Å². The van der Waals surface area contributed by atoms with E-state index < -0.39 is 0 Å². The minimum absolute atomic E-state index is 0.0603. The molecule has 22 heavy (non-hydrogen) atoms. The highest BCUT2D eigenvalue weighted by molar-refractivity contribution is 7.09. The summed E-state index contributed by atoms with van der Waals surface area (Å²) >= 11 is 1.65. The lowest BCUT2D eigenvalue weighted by molar-refractivity contribution is 0.274. The van der Waals surface area contributed by atoms with Gasteiger partial charge in [-0.2, -0.15) is 0 Å². The van der Waals surface area contributed by atoms with E-state index in [1.54, 1.807) is 29.7 Å². The highest BCUT2D eigenvalue weighted by atomic mass is 32.1. The van der Waals surface area contributed by atoms with E-state index in [4.69, 9.17) is 9.84 Å². The summed E-state index contributed by atoms with van der Waals surface area (Å²) in [6, 6.07) is 13.8. The molecule has 0 saturated heterocycles. The Hall–Kier alpha value is -2.24. The van der Waals surface area contributed by atoms with Crippen LogP contribution in [0.15, 0.2) is 54.0 Å². The standard InChI is InChI=1S/C17H16N2O2S/c20-10-14-6-7-16(9-18-14)21-11-15-12-22-17(19-15)8-13-4-2-1-3-5-13/h1-7,9,12,20H,8,10-11H2. The van der Waals surface area contributed by atoms with Gasteiger partial charge in [0.2, 0.25) is 0 Å². The number of ether oxygens (including phenoxy) is 1. The molecule has 0 aliphatic heterocycles. The lowest BCUT2D eigenvalue weighted by Crippen LogP contribution is -1.98. The molecule has 2 aromatic heterocycles. The van der Waals surface area contributed by atoms with Crippen LogP contribution in [0.25, 0.3) is 0 Å². The topological polar surface area (TPSA) is 55.2 Å². The smallest absolute Gasteiger partial charge is 0.138 e. The van der Waals surface area contributed by atoms with Crippen molar-refractivity contribution < 1.29 is 9.84 Å². The fourth-order valence-electron chi connectivity index (χ4n) is 2.01. The quantitative estimate of drug-likeness (QED) is 0.759. The molecule has 3 aromatic rings. The molecule has 2 heterocycles. The van der Waals surface area contributed by atoms with Crippen LogP contribution in [0.4, 0.5) is 0 Å². The molecule has 0 saturated carbocycles. The number of aliphatic hydroxyl groups excluding tert-OH is 1. The average molecular weight is 312 g/mol. The first-order valence-electron chi connectivity index (χ1n) is 6.99. The summed E-state index contributed by atoms with van der Waals surface area (Å²) in [4.78, 5) is 8.67. The van der Waals surface area contributed by atoms with Gasteiger partial charge in [0.1, 0.15) is 12.4 Å². The molecule has 1 N–H and O–H groups in total. The Bertz CT molecular complexity index is 711. The van der Waals surface area contributed by atoms with Crippen molar-refractivity contribution in [2.45, 2.75) is 19.6 Å². The van der Waals surface area contributed by atoms with E-state index in [1.807, 2.05) is 23.6 Å². The molecule has 0 fully saturated rings. The third-order valence-corrected chi connectivity index (χ3v) is 4.04. The molecular weight excluding hydrogens is 296 g/mol. The highest BCUT2D eigenvalue weighted by Crippen LogP contribution is 2.17. The van der Waals surface area contributed by atoms with E-state index in [2.05, 4.69) is 22.1 Å². The Balaban J connectivity index is 1.57. The summed E-state index contributed by atoms with van der Waals surface area (Å²) in [5.74, 6) is 0.676. The van der Waals surface area contributed by atoms with Gasteiger partial charge in [-0.15, -0.1) is 11.3 Å². The molecular formula is C17H16N2O2S. The van der Waals surface area contributed by atoms with Crippen LogP contribution in [-0.2, 0) is 19.6 Å². The molecule has 0 unspecified atom stereocenters. The number of aromatic nitrogens is 2. The number of benzene rings is 1. The highest BCUT2D eigenvalue weighted by Gasteiger charge is 2.04. The van der Waals surface area contributed by atoms with E-state index >= 15 is 0 Å². The number of hydrogen-bond acceptors (Lipinski definition) is 5. The van der Waals surface area contributed by atoms with Crippen molar-refractivity contribution in [1.29, 1.82) is 0 Å². The van der Waals surface area contributed by atoms with Crippen LogP contribution in [0.2, 0.25) is 0 Å². The van der Waals surface area contributed by atoms with Gasteiger partial charge in [0, 0.05) is 11.8 Å². The molecule has 112 valence electrons. The normalized spacial score (nSPS) is 10.6. The predicted molar refractivity (Wildman–Crippen MR) is 85.9 cm³/mol. The zero-order valence-electron chi connectivity index (χ0n) is 12.0. The van der Waals surface area contributed by atoms with Gasteiger partial charge in [-0.25, -0.2) is 4.98 Å². The fraction of sp³-hybridized carbons (Fsp3) is 0.176. The Kier molecular flexibility index (Phi) is 4.78. The van der Waals surface area contributed by atoms with E-state index in [0.717, 1.165) is 17.1 Å². The monoisotopic (exact) mass is 312 g/mol. The Morgan fingerprint density at radius 2 is 1.91 bits per heavy atom. The second-order valence-electron chi connectivity index (χ2n) is 4.83. The predicted octanol–water partition coefficient (Wildman–Crippen LogP) is 3.20. The molecule has 0 bridgehead atoms. The zero-order chi connectivity index (χ0) is 15.2. The number of rotatable bonds is 6. The maximum absolute atomic E-state index is 8.95. The van der Waals surface area contributed by atoms with Gasteiger partial charge in [-0.3, -0.25) is 4.98 Å². The number of thiazole rings is 1. The molecule has 5 heteroatoms. The summed E-state index contributed by atoms with van der Waals surface area (Å²) in [5.41, 5.74) is 2.81. The number of pyridine rings is 1. The summed E-state index contributed by atoms with van der Waals surface area (Å²) in [7, 11) is 0. The van der Waals surface area contributed by atoms with Gasteiger partial charge in [0.25, 0.3) is 0 Å². The zero-order valence-corrected chi connectivity index (χ0v) is 12.8. The van der Waals surface area contributed by atoms with E-state index in [0.29, 0.717) is 18.1 Å². The number of aliphatic hydroxyl groups is 1. The minimum Gasteiger partial charge on any atom is -0.486 e. The van der Waals surface area contributed by atoms with Crippen LogP contribution in [-0.4, -0.2) is 15.1 Å². The maximum atomic E-state index is 8.95. The molecule has 0 spiro atoms. The third kappa shape index (κ3) is 3.90. The summed E-state index contributed by atoms with van der Waals surface area (Å²) in [5, 5.41) is 12.1. The van der Waals surface area contributed by atoms with Crippen LogP contribution >= 0.6 is 11.3 Å². The SMILES string of the molecule is OCc1ccc(OCc2csc(Cc3ccccc3)n2)cn1. The van der Waals surface area contributed by atoms with Crippen molar-refractivity contribution in [1.82, 2.24) is 9.97 Å². The second-order valence-corrected chi connectivity index (χ2v) is 5.77. The fourth-order valence-corrected chi connectivity index (χ4v) is 2.83. The molecule has 1 aromatic carbocycles. The molecule has 4 nitrogen and oxygen atoms in total. The van der Waals surface area contributed by atoms with Crippen molar-refractivity contribution >= 4 is 11.3 Å². The minimum atomic E-state index is -0.0603. The number of nitrogens with zero attached hydrogens (tertiary/aromatic N) is 2. The lowest BCUT2D eigenvalue weighted by atomic mass is 10.2. The van der Waals surface area contributed by atoms with E-state index in [9.17, 15) is 0 Å². The van der Waals surface area contributed by atoms with Crippen molar-refractivity contribution in [2.75, 3.05) is 0 Å². The lowest BCUT2D eigenvalue weighted by Gasteiger charge is -2.04.